The summed E-state index contributed by atoms with van der Waals surface area (Å²) in [6.45, 7) is 5.39. The van der Waals surface area contributed by atoms with E-state index in [1.54, 1.807) is 0 Å². The summed E-state index contributed by atoms with van der Waals surface area (Å²) >= 11 is 0. The molecule has 0 bridgehead atoms. The van der Waals surface area contributed by atoms with Crippen molar-refractivity contribution >= 4 is 10.8 Å². The molecule has 2 heteroatoms. The van der Waals surface area contributed by atoms with Crippen LogP contribution in [0, 0.1) is 5.92 Å². The number of piperidine rings is 1. The fourth-order valence-electron chi connectivity index (χ4n) is 3.73. The zero-order valence-electron chi connectivity index (χ0n) is 13.0. The lowest BCUT2D eigenvalue weighted by Crippen LogP contribution is -2.41. The van der Waals surface area contributed by atoms with Crippen LogP contribution < -0.4 is 5.73 Å². The zero-order valence-corrected chi connectivity index (χ0v) is 13.0. The summed E-state index contributed by atoms with van der Waals surface area (Å²) in [7, 11) is 0. The van der Waals surface area contributed by atoms with Crippen molar-refractivity contribution in [1.29, 1.82) is 0 Å². The van der Waals surface area contributed by atoms with E-state index in [0.29, 0.717) is 12.6 Å². The van der Waals surface area contributed by atoms with E-state index in [9.17, 15) is 0 Å². The van der Waals surface area contributed by atoms with Crippen molar-refractivity contribution in [3.05, 3.63) is 48.0 Å². The minimum absolute atomic E-state index is 0.352. The summed E-state index contributed by atoms with van der Waals surface area (Å²) in [6.07, 6.45) is 3.96. The van der Waals surface area contributed by atoms with Gasteiger partial charge in [0.1, 0.15) is 0 Å². The Hall–Kier alpha value is -1.38. The average Bonchev–Trinajstić information content (AvgIpc) is 2.56. The van der Waals surface area contributed by atoms with Crippen LogP contribution in [-0.4, -0.2) is 24.5 Å². The number of hydrogen-bond donors (Lipinski definition) is 1. The smallest absolute Gasteiger partial charge is 0.0476 e. The molecule has 0 spiro atoms. The molecule has 1 fully saturated rings. The van der Waals surface area contributed by atoms with Crippen molar-refractivity contribution < 1.29 is 0 Å². The van der Waals surface area contributed by atoms with Gasteiger partial charge >= 0.3 is 0 Å². The second-order valence-electron chi connectivity index (χ2n) is 6.23. The van der Waals surface area contributed by atoms with Gasteiger partial charge in [-0.25, -0.2) is 0 Å². The average molecular weight is 282 g/mol. The molecule has 0 aromatic heterocycles. The Morgan fingerprint density at radius 2 is 2.00 bits per heavy atom. The zero-order chi connectivity index (χ0) is 14.7. The van der Waals surface area contributed by atoms with Gasteiger partial charge in [-0.2, -0.15) is 0 Å². The number of nitrogens with zero attached hydrogens (tertiary/aromatic N) is 1. The van der Waals surface area contributed by atoms with E-state index in [2.05, 4.69) is 54.3 Å². The van der Waals surface area contributed by atoms with E-state index >= 15 is 0 Å². The van der Waals surface area contributed by atoms with Crippen LogP contribution in [0.1, 0.15) is 37.8 Å². The van der Waals surface area contributed by atoms with Gasteiger partial charge in [-0.3, -0.25) is 4.90 Å². The second-order valence-corrected chi connectivity index (χ2v) is 6.23. The van der Waals surface area contributed by atoms with Crippen LogP contribution in [0.2, 0.25) is 0 Å². The molecule has 2 unspecified atom stereocenters. The molecule has 2 aromatic rings. The van der Waals surface area contributed by atoms with Crippen molar-refractivity contribution in [2.24, 2.45) is 11.7 Å². The third-order valence-electron chi connectivity index (χ3n) is 4.97. The minimum atomic E-state index is 0.352. The van der Waals surface area contributed by atoms with E-state index in [4.69, 9.17) is 5.73 Å². The maximum atomic E-state index is 6.17. The maximum absolute atomic E-state index is 6.17. The summed E-state index contributed by atoms with van der Waals surface area (Å²) in [4.78, 5) is 2.61. The van der Waals surface area contributed by atoms with Gasteiger partial charge in [0.2, 0.25) is 0 Å². The van der Waals surface area contributed by atoms with E-state index in [0.717, 1.165) is 5.92 Å². The normalized spacial score (nSPS) is 21.5. The number of rotatable bonds is 4. The van der Waals surface area contributed by atoms with Gasteiger partial charge in [0, 0.05) is 19.1 Å². The molecule has 2 nitrogen and oxygen atoms in total. The first-order valence-electron chi connectivity index (χ1n) is 8.25. The molecular weight excluding hydrogens is 256 g/mol. The first kappa shape index (κ1) is 14.6. The molecule has 3 rings (SSSR count). The highest BCUT2D eigenvalue weighted by atomic mass is 15.2. The van der Waals surface area contributed by atoms with Crippen molar-refractivity contribution in [1.82, 2.24) is 4.90 Å². The molecule has 1 saturated heterocycles. The maximum Gasteiger partial charge on any atom is 0.0476 e. The van der Waals surface area contributed by atoms with E-state index in [1.807, 2.05) is 0 Å². The lowest BCUT2D eigenvalue weighted by atomic mass is 9.91. The Kier molecular flexibility index (Phi) is 4.57. The third kappa shape index (κ3) is 2.97. The summed E-state index contributed by atoms with van der Waals surface area (Å²) < 4.78 is 0. The van der Waals surface area contributed by atoms with Gasteiger partial charge in [-0.05, 0) is 41.6 Å². The lowest BCUT2D eigenvalue weighted by molar-refractivity contribution is 0.125. The van der Waals surface area contributed by atoms with Crippen molar-refractivity contribution in [2.45, 2.75) is 32.2 Å². The Bertz CT molecular complexity index is 588. The second kappa shape index (κ2) is 6.59. The molecule has 1 aliphatic rings. The Morgan fingerprint density at radius 3 is 2.81 bits per heavy atom. The quantitative estimate of drug-likeness (QED) is 0.919. The molecule has 0 radical (unpaired) electrons. The summed E-state index contributed by atoms with van der Waals surface area (Å²) in [6, 6.07) is 15.6. The highest BCUT2D eigenvalue weighted by Crippen LogP contribution is 2.31. The molecular formula is C19H26N2. The van der Waals surface area contributed by atoms with Gasteiger partial charge in [0.25, 0.3) is 0 Å². The molecule has 21 heavy (non-hydrogen) atoms. The molecule has 2 N–H and O–H groups in total. The Labute approximate surface area is 127 Å². The van der Waals surface area contributed by atoms with Crippen LogP contribution in [-0.2, 0) is 0 Å². The number of likely N-dealkylation sites (tertiary alicyclic amines) is 1. The molecule has 112 valence electrons. The highest BCUT2D eigenvalue weighted by Gasteiger charge is 2.26. The predicted molar refractivity (Wildman–Crippen MR) is 90.3 cm³/mol. The van der Waals surface area contributed by atoms with E-state index in [1.165, 1.54) is 48.7 Å². The van der Waals surface area contributed by atoms with Crippen LogP contribution in [0.4, 0.5) is 0 Å². The standard InChI is InChI=1S/C19H26N2/c1-2-15-7-6-12-21(14-15)19(13-20)18-11-5-9-16-8-3-4-10-17(16)18/h3-5,8-11,15,19H,2,6-7,12-14,20H2,1H3. The van der Waals surface area contributed by atoms with Crippen molar-refractivity contribution in [3.63, 3.8) is 0 Å². The van der Waals surface area contributed by atoms with Crippen molar-refractivity contribution in [2.75, 3.05) is 19.6 Å². The summed E-state index contributed by atoms with van der Waals surface area (Å²) in [5, 5.41) is 2.67. The highest BCUT2D eigenvalue weighted by molar-refractivity contribution is 5.86. The van der Waals surface area contributed by atoms with Gasteiger partial charge in [-0.1, -0.05) is 55.8 Å². The summed E-state index contributed by atoms with van der Waals surface area (Å²) in [5.41, 5.74) is 7.57. The minimum Gasteiger partial charge on any atom is -0.329 e. The van der Waals surface area contributed by atoms with Gasteiger partial charge in [0.15, 0.2) is 0 Å². The van der Waals surface area contributed by atoms with Gasteiger partial charge in [-0.15, -0.1) is 0 Å². The van der Waals surface area contributed by atoms with Crippen LogP contribution >= 0.6 is 0 Å². The first-order valence-corrected chi connectivity index (χ1v) is 8.25. The van der Waals surface area contributed by atoms with Crippen LogP contribution in [0.25, 0.3) is 10.8 Å². The molecule has 1 aliphatic heterocycles. The van der Waals surface area contributed by atoms with Crippen molar-refractivity contribution in [3.8, 4) is 0 Å². The SMILES string of the molecule is CCC1CCCN(C(CN)c2cccc3ccccc23)C1. The van der Waals surface area contributed by atoms with Crippen LogP contribution in [0.15, 0.2) is 42.5 Å². The molecule has 2 aromatic carbocycles. The fraction of sp³-hybridized carbons (Fsp3) is 0.474. The molecule has 2 atom stereocenters. The first-order chi connectivity index (χ1) is 10.3. The summed E-state index contributed by atoms with van der Waals surface area (Å²) in [5.74, 6) is 0.836. The molecule has 1 heterocycles. The largest absolute Gasteiger partial charge is 0.329 e. The van der Waals surface area contributed by atoms with E-state index < -0.39 is 0 Å². The molecule has 0 aliphatic carbocycles. The van der Waals surface area contributed by atoms with Gasteiger partial charge < -0.3 is 5.73 Å². The van der Waals surface area contributed by atoms with E-state index in [-0.39, 0.29) is 0 Å². The monoisotopic (exact) mass is 282 g/mol. The topological polar surface area (TPSA) is 29.3 Å². The number of hydrogen-bond acceptors (Lipinski definition) is 2. The fourth-order valence-corrected chi connectivity index (χ4v) is 3.73. The molecule has 0 saturated carbocycles. The third-order valence-corrected chi connectivity index (χ3v) is 4.97. The number of benzene rings is 2. The Morgan fingerprint density at radius 1 is 1.19 bits per heavy atom. The number of fused-ring (bicyclic) bond motifs is 1. The number of nitrogens with two attached hydrogens (primary N) is 1. The molecule has 0 amide bonds. The van der Waals surface area contributed by atoms with Gasteiger partial charge in [0.05, 0.1) is 0 Å². The van der Waals surface area contributed by atoms with Crippen LogP contribution in [0.3, 0.4) is 0 Å². The van der Waals surface area contributed by atoms with Crippen LogP contribution in [0.5, 0.6) is 0 Å². The Balaban J connectivity index is 1.94. The predicted octanol–water partition coefficient (Wildman–Crippen LogP) is 3.96. The lowest BCUT2D eigenvalue weighted by Gasteiger charge is -2.38.